The van der Waals surface area contributed by atoms with Gasteiger partial charge < -0.3 is 25.5 Å². The van der Waals surface area contributed by atoms with E-state index in [0.717, 1.165) is 23.1 Å². The van der Waals surface area contributed by atoms with Gasteiger partial charge in [0.15, 0.2) is 0 Å². The third kappa shape index (κ3) is 4.63. The van der Waals surface area contributed by atoms with Crippen LogP contribution in [-0.2, 0) is 17.8 Å². The van der Waals surface area contributed by atoms with Gasteiger partial charge in [0.25, 0.3) is 5.91 Å². The molecule has 8 heteroatoms. The molecule has 2 aliphatic heterocycles. The second kappa shape index (κ2) is 8.43. The first-order chi connectivity index (χ1) is 14.9. The Balaban J connectivity index is 1.63. The number of anilines is 1. The quantitative estimate of drug-likeness (QED) is 0.493. The second-order valence-electron chi connectivity index (χ2n) is 7.78. The fraction of sp³-hybridized carbons (Fsp3) is 0.217. The third-order valence-electron chi connectivity index (χ3n) is 4.81. The molecule has 0 unspecified atom stereocenters. The van der Waals surface area contributed by atoms with Crippen LogP contribution in [0.1, 0.15) is 25.0 Å². The zero-order valence-electron chi connectivity index (χ0n) is 17.3. The number of aromatic nitrogens is 1. The van der Waals surface area contributed by atoms with E-state index in [9.17, 15) is 4.79 Å². The van der Waals surface area contributed by atoms with E-state index >= 15 is 0 Å². The lowest BCUT2D eigenvalue weighted by Gasteiger charge is -2.17. The van der Waals surface area contributed by atoms with Crippen LogP contribution in [0.4, 0.5) is 5.69 Å². The van der Waals surface area contributed by atoms with Gasteiger partial charge in [-0.05, 0) is 43.7 Å². The number of aliphatic imine (C=N–C) groups is 1. The summed E-state index contributed by atoms with van der Waals surface area (Å²) in [7, 11) is 0. The average molecular weight is 417 g/mol. The van der Waals surface area contributed by atoms with Crippen molar-refractivity contribution < 1.29 is 14.3 Å². The van der Waals surface area contributed by atoms with Crippen molar-refractivity contribution in [3.05, 3.63) is 71.5 Å². The predicted molar refractivity (Wildman–Crippen MR) is 119 cm³/mol. The van der Waals surface area contributed by atoms with E-state index in [1.807, 2.05) is 32.0 Å². The SMILES string of the molecule is CC1(C)Cc2cc(NC(=O)/C(C=N)=C3\N=CC=CN3)c(OCc3ccncc3)cc2O1. The number of amides is 1. The first-order valence-corrected chi connectivity index (χ1v) is 9.85. The molecule has 1 aromatic carbocycles. The first kappa shape index (κ1) is 20.3. The monoisotopic (exact) mass is 417 g/mol. The van der Waals surface area contributed by atoms with Crippen molar-refractivity contribution in [3.63, 3.8) is 0 Å². The van der Waals surface area contributed by atoms with Gasteiger partial charge in [0, 0.05) is 49.1 Å². The van der Waals surface area contributed by atoms with Crippen LogP contribution in [-0.4, -0.2) is 28.9 Å². The summed E-state index contributed by atoms with van der Waals surface area (Å²) in [5.74, 6) is 1.06. The van der Waals surface area contributed by atoms with Gasteiger partial charge in [-0.25, -0.2) is 4.99 Å². The van der Waals surface area contributed by atoms with Gasteiger partial charge in [-0.1, -0.05) is 0 Å². The molecule has 8 nitrogen and oxygen atoms in total. The molecule has 0 radical (unpaired) electrons. The molecule has 4 rings (SSSR count). The number of hydrogen-bond acceptors (Lipinski definition) is 7. The number of hydrogen-bond donors (Lipinski definition) is 3. The average Bonchev–Trinajstić information content (AvgIpc) is 3.06. The maximum absolute atomic E-state index is 12.9. The molecule has 3 N–H and O–H groups in total. The van der Waals surface area contributed by atoms with Crippen molar-refractivity contribution >= 4 is 24.0 Å². The Hall–Kier alpha value is -3.94. The van der Waals surface area contributed by atoms with Gasteiger partial charge in [-0.2, -0.15) is 0 Å². The fourth-order valence-electron chi connectivity index (χ4n) is 3.39. The van der Waals surface area contributed by atoms with Crippen LogP contribution in [0, 0.1) is 5.41 Å². The largest absolute Gasteiger partial charge is 0.487 e. The highest BCUT2D eigenvalue weighted by atomic mass is 16.5. The molecule has 3 heterocycles. The molecular weight excluding hydrogens is 394 g/mol. The van der Waals surface area contributed by atoms with Crippen LogP contribution in [0.15, 0.2) is 65.3 Å². The summed E-state index contributed by atoms with van der Waals surface area (Å²) in [6, 6.07) is 7.40. The normalized spacial score (nSPS) is 17.2. The molecule has 158 valence electrons. The maximum atomic E-state index is 12.9. The van der Waals surface area contributed by atoms with Crippen molar-refractivity contribution in [1.29, 1.82) is 5.41 Å². The molecule has 31 heavy (non-hydrogen) atoms. The van der Waals surface area contributed by atoms with Gasteiger partial charge in [-0.3, -0.25) is 9.78 Å². The Labute approximate surface area is 180 Å². The molecule has 2 aliphatic rings. The highest BCUT2D eigenvalue weighted by molar-refractivity contribution is 6.18. The minimum absolute atomic E-state index is 0.109. The standard InChI is InChI=1S/C23H23N5O3/c1-23(2)12-16-10-18(28-22(29)17(13-24)21-26-6-3-7-27-21)20(11-19(16)31-23)30-14-15-4-8-25-9-5-15/h3-11,13,24,26H,12,14H2,1-2H3,(H,28,29)/b21-17-,24-13?. The fourth-order valence-corrected chi connectivity index (χ4v) is 3.39. The Bertz CT molecular complexity index is 1100. The van der Waals surface area contributed by atoms with Gasteiger partial charge in [-0.15, -0.1) is 0 Å². The summed E-state index contributed by atoms with van der Waals surface area (Å²) in [5.41, 5.74) is 2.22. The number of rotatable bonds is 6. The maximum Gasteiger partial charge on any atom is 0.261 e. The van der Waals surface area contributed by atoms with Crippen molar-refractivity contribution in [2.45, 2.75) is 32.5 Å². The molecule has 0 aliphatic carbocycles. The molecule has 0 atom stereocenters. The van der Waals surface area contributed by atoms with E-state index in [2.05, 4.69) is 20.6 Å². The molecule has 1 amide bonds. The highest BCUT2D eigenvalue weighted by Gasteiger charge is 2.31. The zero-order valence-corrected chi connectivity index (χ0v) is 17.3. The van der Waals surface area contributed by atoms with E-state index in [4.69, 9.17) is 14.9 Å². The Morgan fingerprint density at radius 1 is 1.35 bits per heavy atom. The summed E-state index contributed by atoms with van der Waals surface area (Å²) in [5, 5.41) is 13.4. The van der Waals surface area contributed by atoms with Gasteiger partial charge in [0.2, 0.25) is 0 Å². The van der Waals surface area contributed by atoms with Crippen LogP contribution in [0.5, 0.6) is 11.5 Å². The summed E-state index contributed by atoms with van der Waals surface area (Å²) < 4.78 is 12.1. The third-order valence-corrected chi connectivity index (χ3v) is 4.81. The second-order valence-corrected chi connectivity index (χ2v) is 7.78. The van der Waals surface area contributed by atoms with E-state index < -0.39 is 5.91 Å². The minimum Gasteiger partial charge on any atom is -0.487 e. The van der Waals surface area contributed by atoms with Gasteiger partial charge in [0.1, 0.15) is 29.5 Å². The van der Waals surface area contributed by atoms with E-state index in [1.54, 1.807) is 37.0 Å². The molecule has 1 aromatic heterocycles. The van der Waals surface area contributed by atoms with Gasteiger partial charge in [0.05, 0.1) is 11.3 Å². The lowest BCUT2D eigenvalue weighted by atomic mass is 10.0. The van der Waals surface area contributed by atoms with Crippen LogP contribution in [0.25, 0.3) is 0 Å². The van der Waals surface area contributed by atoms with Crippen LogP contribution in [0.2, 0.25) is 0 Å². The Morgan fingerprint density at radius 2 is 2.16 bits per heavy atom. The van der Waals surface area contributed by atoms with Crippen LogP contribution < -0.4 is 20.1 Å². The van der Waals surface area contributed by atoms with Gasteiger partial charge >= 0.3 is 0 Å². The van der Waals surface area contributed by atoms with Crippen LogP contribution in [0.3, 0.4) is 0 Å². The zero-order chi connectivity index (χ0) is 21.8. The number of fused-ring (bicyclic) bond motifs is 1. The first-order valence-electron chi connectivity index (χ1n) is 9.85. The Kier molecular flexibility index (Phi) is 5.53. The van der Waals surface area contributed by atoms with E-state index in [1.165, 1.54) is 0 Å². The number of nitrogens with zero attached hydrogens (tertiary/aromatic N) is 2. The molecule has 0 bridgehead atoms. The van der Waals surface area contributed by atoms with E-state index in [-0.39, 0.29) is 11.2 Å². The number of benzene rings is 1. The lowest BCUT2D eigenvalue weighted by molar-refractivity contribution is -0.112. The molecule has 0 saturated carbocycles. The summed E-state index contributed by atoms with van der Waals surface area (Å²) in [6.07, 6.45) is 10.00. The molecular formula is C23H23N5O3. The van der Waals surface area contributed by atoms with Crippen molar-refractivity contribution in [2.24, 2.45) is 4.99 Å². The molecule has 0 saturated heterocycles. The number of carbonyl (C=O) groups is 1. The lowest BCUT2D eigenvalue weighted by Crippen LogP contribution is -2.24. The number of allylic oxidation sites excluding steroid dienone is 1. The van der Waals surface area contributed by atoms with Crippen LogP contribution >= 0.6 is 0 Å². The molecule has 0 fully saturated rings. The topological polar surface area (TPSA) is 109 Å². The number of nitrogens with one attached hydrogen (secondary N) is 3. The number of carbonyl (C=O) groups excluding carboxylic acids is 1. The minimum atomic E-state index is -0.461. The Morgan fingerprint density at radius 3 is 2.87 bits per heavy atom. The van der Waals surface area contributed by atoms with Crippen molar-refractivity contribution in [3.8, 4) is 11.5 Å². The van der Waals surface area contributed by atoms with Crippen molar-refractivity contribution in [1.82, 2.24) is 10.3 Å². The van der Waals surface area contributed by atoms with Crippen molar-refractivity contribution in [2.75, 3.05) is 5.32 Å². The summed E-state index contributed by atoms with van der Waals surface area (Å²) in [6.45, 7) is 4.34. The summed E-state index contributed by atoms with van der Waals surface area (Å²) in [4.78, 5) is 21.1. The molecule has 0 spiro atoms. The highest BCUT2D eigenvalue weighted by Crippen LogP contribution is 2.41. The predicted octanol–water partition coefficient (Wildman–Crippen LogP) is 3.36. The molecule has 2 aromatic rings. The number of ether oxygens (including phenoxy) is 2. The number of pyridine rings is 1. The van der Waals surface area contributed by atoms with E-state index in [0.29, 0.717) is 30.3 Å². The summed E-state index contributed by atoms with van der Waals surface area (Å²) >= 11 is 0. The smallest absolute Gasteiger partial charge is 0.261 e.